The van der Waals surface area contributed by atoms with Gasteiger partial charge in [0.25, 0.3) is 0 Å². The third-order valence-corrected chi connectivity index (χ3v) is 19.3. The molecule has 0 aliphatic heterocycles. The summed E-state index contributed by atoms with van der Waals surface area (Å²) in [5.74, 6) is 2.67. The Hall–Kier alpha value is -10.4. The standard InChI is InChI=1S/C46H49N3O.C30H32N2O.C14H11N.4CH4/c1-4-6-7-8-9-10-15-34-20-22-39(23-21-34)45-47-48-46(50-45)40-30-28-38(29-31-40)37-26-24-36(25-27-37)35(5-2)32-33(3)49-43-18-13-11-16-41(43)42-17-12-14-19-44(42)49;1-3-5-6-7-8-9-10-24-13-17-27(18-14-24)29-31-32-30(33-29)28-21-19-26(20-22-28)25-15-11-23(4-2)12-16-25;1-2-15-13-9-5-3-7-11(13)12-8-4-6-10-14(12)15;;;;/h11-14,16-31,33,35H,4-10,15,32H2,1-3H3;4,11-22H,2-3,5-10H2,1H3;2-10H,1H2;4*1H4. The number of hydrogen-bond donors (Lipinski definition) is 0. The molecule has 0 saturated carbocycles. The summed E-state index contributed by atoms with van der Waals surface area (Å²) in [5, 5.41) is 22.5. The van der Waals surface area contributed by atoms with E-state index < -0.39 is 0 Å². The minimum Gasteiger partial charge on any atom is -0.416 e. The Morgan fingerprint density at radius 2 is 0.657 bits per heavy atom. The number of para-hydroxylation sites is 4. The van der Waals surface area contributed by atoms with Crippen molar-refractivity contribution in [2.24, 2.45) is 0 Å². The zero-order valence-electron chi connectivity index (χ0n) is 57.6. The third kappa shape index (κ3) is 18.7. The van der Waals surface area contributed by atoms with E-state index in [4.69, 9.17) is 8.83 Å². The summed E-state index contributed by atoms with van der Waals surface area (Å²) in [6.45, 7) is 16.9. The lowest BCUT2D eigenvalue weighted by Gasteiger charge is -2.23. The van der Waals surface area contributed by atoms with Gasteiger partial charge in [-0.3, -0.25) is 0 Å². The summed E-state index contributed by atoms with van der Waals surface area (Å²) in [6.07, 6.45) is 24.0. The molecule has 0 amide bonds. The van der Waals surface area contributed by atoms with Gasteiger partial charge < -0.3 is 18.0 Å². The molecule has 0 bridgehead atoms. The average Bonchev–Trinajstić information content (AvgIpc) is 1.61. The van der Waals surface area contributed by atoms with E-state index in [-0.39, 0.29) is 29.7 Å². The number of unbranched alkanes of at least 4 members (excludes halogenated alkanes) is 10. The molecule has 4 aromatic heterocycles. The molecule has 526 valence electrons. The third-order valence-electron chi connectivity index (χ3n) is 19.3. The van der Waals surface area contributed by atoms with Crippen LogP contribution < -0.4 is 0 Å². The van der Waals surface area contributed by atoms with Gasteiger partial charge in [0, 0.05) is 67.1 Å². The first kappa shape index (κ1) is 77.3. The first-order chi connectivity index (χ1) is 48.3. The zero-order chi connectivity index (χ0) is 67.4. The molecule has 14 rings (SSSR count). The van der Waals surface area contributed by atoms with Crippen LogP contribution in [0.1, 0.15) is 182 Å². The summed E-state index contributed by atoms with van der Waals surface area (Å²) in [6, 6.07) is 86.1. The number of benzene rings is 10. The molecule has 102 heavy (non-hydrogen) atoms. The Morgan fingerprint density at radius 1 is 0.353 bits per heavy atom. The first-order valence-electron chi connectivity index (χ1n) is 35.8. The van der Waals surface area contributed by atoms with Crippen molar-refractivity contribution in [2.45, 2.75) is 172 Å². The lowest BCUT2D eigenvalue weighted by atomic mass is 9.89. The van der Waals surface area contributed by atoms with Crippen LogP contribution in [0.5, 0.6) is 0 Å². The second kappa shape index (κ2) is 38.4. The van der Waals surface area contributed by atoms with Crippen LogP contribution in [-0.4, -0.2) is 29.5 Å². The van der Waals surface area contributed by atoms with Crippen LogP contribution >= 0.6 is 0 Å². The topological polar surface area (TPSA) is 87.7 Å². The van der Waals surface area contributed by atoms with Crippen LogP contribution in [0, 0.1) is 0 Å². The maximum atomic E-state index is 6.11. The van der Waals surface area contributed by atoms with Gasteiger partial charge in [0.1, 0.15) is 0 Å². The van der Waals surface area contributed by atoms with Crippen LogP contribution in [0.2, 0.25) is 0 Å². The SMILES string of the molecule is C.C.C.C.C=Cc1ccc(-c2ccc(-c3nnc(-c4ccc(CCCCCCCC)cc4)o3)cc2)cc1.C=Cn1c2ccccc2c2ccccc21.CCCCCCCCc1ccc(-c2nnc(-c3ccc(-c4ccc(C(CC)CC(C)n5c6ccccc6c6ccccc65)cc4)cc3)o2)cc1. The van der Waals surface area contributed by atoms with Crippen molar-refractivity contribution in [1.82, 2.24) is 29.5 Å². The molecule has 0 N–H and O–H groups in total. The molecule has 2 atom stereocenters. The molecular weight excluding hydrogens is 1250 g/mol. The maximum absolute atomic E-state index is 6.11. The number of rotatable bonds is 27. The lowest BCUT2D eigenvalue weighted by molar-refractivity contribution is 0.462. The first-order valence-corrected chi connectivity index (χ1v) is 35.8. The Labute approximate surface area is 609 Å². The molecule has 10 aromatic carbocycles. The predicted octanol–water partition coefficient (Wildman–Crippen LogP) is 28.3. The Bertz CT molecular complexity index is 4710. The van der Waals surface area contributed by atoms with Gasteiger partial charge in [-0.2, -0.15) is 0 Å². The molecule has 8 nitrogen and oxygen atoms in total. The molecule has 0 radical (unpaired) electrons. The predicted molar refractivity (Wildman–Crippen MR) is 440 cm³/mol. The van der Waals surface area contributed by atoms with E-state index in [1.807, 2.05) is 24.4 Å². The number of aryl methyl sites for hydroxylation is 2. The highest BCUT2D eigenvalue weighted by Gasteiger charge is 2.21. The van der Waals surface area contributed by atoms with Gasteiger partial charge in [-0.15, -0.1) is 20.4 Å². The van der Waals surface area contributed by atoms with E-state index in [1.165, 1.54) is 154 Å². The second-order valence-electron chi connectivity index (χ2n) is 26.0. The average molecular weight is 1350 g/mol. The fourth-order valence-electron chi connectivity index (χ4n) is 13.8. The Morgan fingerprint density at radius 3 is 1.01 bits per heavy atom. The van der Waals surface area contributed by atoms with Gasteiger partial charge >= 0.3 is 0 Å². The maximum Gasteiger partial charge on any atom is 0.248 e. The summed E-state index contributed by atoms with van der Waals surface area (Å²) in [5.41, 5.74) is 18.8. The van der Waals surface area contributed by atoms with E-state index in [1.54, 1.807) is 0 Å². The highest BCUT2D eigenvalue weighted by atomic mass is 16.4. The number of hydrogen-bond acceptors (Lipinski definition) is 6. The summed E-state index contributed by atoms with van der Waals surface area (Å²) in [7, 11) is 0. The van der Waals surface area contributed by atoms with Crippen LogP contribution in [0.15, 0.2) is 265 Å². The zero-order valence-corrected chi connectivity index (χ0v) is 57.6. The van der Waals surface area contributed by atoms with Crippen LogP contribution in [0.25, 0.3) is 124 Å². The van der Waals surface area contributed by atoms with Crippen LogP contribution in [0.4, 0.5) is 0 Å². The molecule has 0 aliphatic rings. The fourth-order valence-corrected chi connectivity index (χ4v) is 13.8. The molecule has 4 heterocycles. The Balaban J connectivity index is 0.000000217. The smallest absolute Gasteiger partial charge is 0.248 e. The molecule has 0 spiro atoms. The normalized spacial score (nSPS) is 11.5. The van der Waals surface area contributed by atoms with Crippen molar-refractivity contribution < 1.29 is 8.83 Å². The lowest BCUT2D eigenvalue weighted by Crippen LogP contribution is -2.10. The number of aromatic nitrogens is 6. The van der Waals surface area contributed by atoms with E-state index in [0.717, 1.165) is 59.1 Å². The van der Waals surface area contributed by atoms with Crippen LogP contribution in [-0.2, 0) is 12.8 Å². The van der Waals surface area contributed by atoms with Gasteiger partial charge in [0.05, 0.1) is 11.0 Å². The monoisotopic (exact) mass is 1350 g/mol. The van der Waals surface area contributed by atoms with E-state index >= 15 is 0 Å². The van der Waals surface area contributed by atoms with Crippen LogP contribution in [0.3, 0.4) is 0 Å². The quantitative estimate of drug-likeness (QED) is 0.0477. The van der Waals surface area contributed by atoms with Gasteiger partial charge in [-0.1, -0.05) is 304 Å². The highest BCUT2D eigenvalue weighted by Crippen LogP contribution is 2.38. The molecule has 2 unspecified atom stereocenters. The van der Waals surface area contributed by atoms with E-state index in [9.17, 15) is 0 Å². The minimum absolute atomic E-state index is 0. The fraction of sp³-hybridized carbons (Fsp3) is 0.277. The number of nitrogens with zero attached hydrogens (tertiary/aromatic N) is 6. The molecule has 0 aliphatic carbocycles. The Kier molecular flexibility index (Phi) is 29.1. The number of fused-ring (bicyclic) bond motifs is 6. The van der Waals surface area contributed by atoms with Crippen molar-refractivity contribution in [3.8, 4) is 68.1 Å². The largest absolute Gasteiger partial charge is 0.416 e. The van der Waals surface area contributed by atoms with Gasteiger partial charge in [-0.25, -0.2) is 0 Å². The van der Waals surface area contributed by atoms with Gasteiger partial charge in [0.2, 0.25) is 23.6 Å². The second-order valence-corrected chi connectivity index (χ2v) is 26.0. The summed E-state index contributed by atoms with van der Waals surface area (Å²) < 4.78 is 16.8. The molecule has 0 fully saturated rings. The van der Waals surface area contributed by atoms with E-state index in [0.29, 0.717) is 35.5 Å². The molecule has 0 saturated heterocycles. The summed E-state index contributed by atoms with van der Waals surface area (Å²) in [4.78, 5) is 0. The van der Waals surface area contributed by atoms with Crippen molar-refractivity contribution in [1.29, 1.82) is 0 Å². The van der Waals surface area contributed by atoms with Crippen molar-refractivity contribution in [3.63, 3.8) is 0 Å². The van der Waals surface area contributed by atoms with Gasteiger partial charge in [-0.05, 0) is 169 Å². The van der Waals surface area contributed by atoms with E-state index in [2.05, 4.69) is 301 Å². The summed E-state index contributed by atoms with van der Waals surface area (Å²) >= 11 is 0. The molecule has 14 aromatic rings. The van der Waals surface area contributed by atoms with Crippen molar-refractivity contribution in [3.05, 3.63) is 278 Å². The molecule has 8 heteroatoms. The van der Waals surface area contributed by atoms with Crippen molar-refractivity contribution >= 4 is 55.9 Å². The highest BCUT2D eigenvalue weighted by molar-refractivity contribution is 6.09. The molecular formula is C94H108N6O2. The minimum atomic E-state index is 0. The van der Waals surface area contributed by atoms with Gasteiger partial charge in [0.15, 0.2) is 0 Å². The van der Waals surface area contributed by atoms with Crippen molar-refractivity contribution in [2.75, 3.05) is 0 Å².